The highest BCUT2D eigenvalue weighted by molar-refractivity contribution is 5.99. The van der Waals surface area contributed by atoms with E-state index in [1.807, 2.05) is 6.92 Å². The molecule has 1 aliphatic rings. The maximum absolute atomic E-state index is 12.2. The lowest BCUT2D eigenvalue weighted by Crippen LogP contribution is -2.40. The molecule has 3 N–H and O–H groups in total. The summed E-state index contributed by atoms with van der Waals surface area (Å²) in [6.45, 7) is 2.03. The molecule has 3 rings (SSSR count). The van der Waals surface area contributed by atoms with Crippen LogP contribution in [0.2, 0.25) is 0 Å². The first kappa shape index (κ1) is 19.9. The van der Waals surface area contributed by atoms with E-state index < -0.39 is 10.9 Å². The van der Waals surface area contributed by atoms with Crippen LogP contribution in [-0.2, 0) is 0 Å². The lowest BCUT2D eigenvalue weighted by atomic mass is 9.84. The highest BCUT2D eigenvalue weighted by atomic mass is 16.3. The molecule has 1 amide bonds. The normalized spacial score (nSPS) is 16.0. The first-order valence-electron chi connectivity index (χ1n) is 9.71. The van der Waals surface area contributed by atoms with Gasteiger partial charge in [0.05, 0.1) is 11.3 Å². The number of carbonyl (C=O) groups is 1. The standard InChI is InChI=1S/C21H27N3O4/c1-12(13-8-5-4-6-9-13)22-16-17(20(27)19(16)26)23-15-11-7-10-14(18(15)25)21(28)24(2)3/h7,10-13,22-23,25H,4-6,8-9H2,1-3H3/t12-/m1/s1. The number of hydrogen-bond donors (Lipinski definition) is 3. The summed E-state index contributed by atoms with van der Waals surface area (Å²) < 4.78 is 0. The monoisotopic (exact) mass is 385 g/mol. The Morgan fingerprint density at radius 1 is 1.11 bits per heavy atom. The van der Waals surface area contributed by atoms with Crippen molar-refractivity contribution < 1.29 is 9.90 Å². The van der Waals surface area contributed by atoms with Gasteiger partial charge in [0.1, 0.15) is 11.4 Å². The molecule has 7 nitrogen and oxygen atoms in total. The second kappa shape index (κ2) is 8.04. The largest absolute Gasteiger partial charge is 0.505 e. The molecule has 0 heterocycles. The summed E-state index contributed by atoms with van der Waals surface area (Å²) in [6.07, 6.45) is 5.85. The van der Waals surface area contributed by atoms with Gasteiger partial charge in [-0.3, -0.25) is 14.4 Å². The highest BCUT2D eigenvalue weighted by Crippen LogP contribution is 2.33. The predicted octanol–water partition coefficient (Wildman–Crippen LogP) is 2.81. The molecule has 1 fully saturated rings. The van der Waals surface area contributed by atoms with E-state index >= 15 is 0 Å². The SMILES string of the molecule is C[C@@H](Nc1c(Nc2cccc(C(=O)N(C)C)c2O)c(=O)c1=O)C1CCCCC1. The van der Waals surface area contributed by atoms with Gasteiger partial charge in [-0.25, -0.2) is 0 Å². The van der Waals surface area contributed by atoms with Gasteiger partial charge in [-0.05, 0) is 37.8 Å². The number of anilines is 3. The number of phenols is 1. The summed E-state index contributed by atoms with van der Waals surface area (Å²) in [5.41, 5.74) is -0.441. The highest BCUT2D eigenvalue weighted by Gasteiger charge is 2.27. The Kier molecular flexibility index (Phi) is 5.72. The van der Waals surface area contributed by atoms with Crippen molar-refractivity contribution in [2.24, 2.45) is 5.92 Å². The molecule has 0 radical (unpaired) electrons. The molecule has 0 saturated heterocycles. The van der Waals surface area contributed by atoms with Crippen molar-refractivity contribution in [1.82, 2.24) is 4.90 Å². The molecule has 0 bridgehead atoms. The number of aromatic hydroxyl groups is 1. The first-order valence-corrected chi connectivity index (χ1v) is 9.71. The van der Waals surface area contributed by atoms with Crippen LogP contribution in [0.15, 0.2) is 27.8 Å². The summed E-state index contributed by atoms with van der Waals surface area (Å²) in [7, 11) is 3.18. The topological polar surface area (TPSA) is 98.7 Å². The lowest BCUT2D eigenvalue weighted by Gasteiger charge is -2.30. The number of carbonyl (C=O) groups excluding carboxylic acids is 1. The van der Waals surface area contributed by atoms with Crippen molar-refractivity contribution in [1.29, 1.82) is 0 Å². The Bertz CT molecular complexity index is 938. The minimum absolute atomic E-state index is 0.0828. The van der Waals surface area contributed by atoms with Gasteiger partial charge in [0.25, 0.3) is 16.8 Å². The first-order chi connectivity index (χ1) is 13.3. The van der Waals surface area contributed by atoms with Gasteiger partial charge in [-0.2, -0.15) is 0 Å². The molecule has 0 aromatic heterocycles. The van der Waals surface area contributed by atoms with Crippen LogP contribution in [0, 0.1) is 5.92 Å². The zero-order valence-electron chi connectivity index (χ0n) is 16.5. The van der Waals surface area contributed by atoms with E-state index in [0.29, 0.717) is 5.92 Å². The molecule has 2 aromatic carbocycles. The van der Waals surface area contributed by atoms with E-state index in [4.69, 9.17) is 0 Å². The minimum atomic E-state index is -0.623. The predicted molar refractivity (Wildman–Crippen MR) is 110 cm³/mol. The molecule has 0 unspecified atom stereocenters. The van der Waals surface area contributed by atoms with Crippen molar-refractivity contribution in [2.75, 3.05) is 24.7 Å². The van der Waals surface area contributed by atoms with Gasteiger partial charge in [0.2, 0.25) is 0 Å². The smallest absolute Gasteiger partial charge is 0.257 e. The van der Waals surface area contributed by atoms with Crippen molar-refractivity contribution in [2.45, 2.75) is 45.1 Å². The Morgan fingerprint density at radius 3 is 2.39 bits per heavy atom. The van der Waals surface area contributed by atoms with Crippen LogP contribution in [0.1, 0.15) is 49.4 Å². The number of nitrogens with zero attached hydrogens (tertiary/aromatic N) is 1. The molecule has 28 heavy (non-hydrogen) atoms. The van der Waals surface area contributed by atoms with Crippen LogP contribution in [0.25, 0.3) is 0 Å². The zero-order valence-corrected chi connectivity index (χ0v) is 16.5. The quantitative estimate of drug-likeness (QED) is 0.522. The van der Waals surface area contributed by atoms with Crippen LogP contribution in [0.4, 0.5) is 17.1 Å². The van der Waals surface area contributed by atoms with E-state index in [0.717, 1.165) is 12.8 Å². The maximum Gasteiger partial charge on any atom is 0.257 e. The Hall–Kier alpha value is -2.83. The molecule has 1 saturated carbocycles. The van der Waals surface area contributed by atoms with Gasteiger partial charge < -0.3 is 20.6 Å². The third-order valence-electron chi connectivity index (χ3n) is 5.57. The fourth-order valence-electron chi connectivity index (χ4n) is 3.82. The van der Waals surface area contributed by atoms with Crippen LogP contribution in [-0.4, -0.2) is 36.1 Å². The molecular weight excluding hydrogens is 358 g/mol. The van der Waals surface area contributed by atoms with Crippen LogP contribution in [0.5, 0.6) is 5.75 Å². The third-order valence-corrected chi connectivity index (χ3v) is 5.57. The number of amides is 1. The Morgan fingerprint density at radius 2 is 1.75 bits per heavy atom. The van der Waals surface area contributed by atoms with Gasteiger partial charge in [-0.1, -0.05) is 25.3 Å². The van der Waals surface area contributed by atoms with Crippen LogP contribution in [0.3, 0.4) is 0 Å². The van der Waals surface area contributed by atoms with E-state index in [9.17, 15) is 19.5 Å². The van der Waals surface area contributed by atoms with Gasteiger partial charge in [-0.15, -0.1) is 0 Å². The van der Waals surface area contributed by atoms with Gasteiger partial charge >= 0.3 is 0 Å². The molecule has 1 atom stereocenters. The average molecular weight is 385 g/mol. The second-order valence-electron chi connectivity index (χ2n) is 7.77. The number of nitrogens with one attached hydrogen (secondary N) is 2. The van der Waals surface area contributed by atoms with Crippen molar-refractivity contribution in [3.8, 4) is 5.75 Å². The second-order valence-corrected chi connectivity index (χ2v) is 7.77. The number of para-hydroxylation sites is 1. The number of benzene rings is 1. The molecule has 0 spiro atoms. The maximum atomic E-state index is 12.2. The van der Waals surface area contributed by atoms with Gasteiger partial charge in [0, 0.05) is 20.1 Å². The van der Waals surface area contributed by atoms with Crippen LogP contribution < -0.4 is 21.5 Å². The summed E-state index contributed by atoms with van der Waals surface area (Å²) >= 11 is 0. The lowest BCUT2D eigenvalue weighted by molar-refractivity contribution is 0.0824. The van der Waals surface area contributed by atoms with Crippen molar-refractivity contribution in [3.63, 3.8) is 0 Å². The summed E-state index contributed by atoms with van der Waals surface area (Å²) in [5, 5.41) is 16.5. The molecule has 1 aliphatic carbocycles. The third kappa shape index (κ3) is 3.74. The van der Waals surface area contributed by atoms with E-state index in [1.165, 1.54) is 30.2 Å². The van der Waals surface area contributed by atoms with E-state index in [-0.39, 0.29) is 40.3 Å². The summed E-state index contributed by atoms with van der Waals surface area (Å²) in [5.74, 6) is -0.128. The summed E-state index contributed by atoms with van der Waals surface area (Å²) in [6, 6.07) is 4.77. The van der Waals surface area contributed by atoms with Crippen molar-refractivity contribution in [3.05, 3.63) is 44.2 Å². The van der Waals surface area contributed by atoms with E-state index in [1.54, 1.807) is 26.2 Å². The van der Waals surface area contributed by atoms with Gasteiger partial charge in [0.15, 0.2) is 5.75 Å². The average Bonchev–Trinajstić information content (AvgIpc) is 2.71. The van der Waals surface area contributed by atoms with Crippen molar-refractivity contribution >= 4 is 23.0 Å². The zero-order chi connectivity index (χ0) is 20.4. The Labute approximate surface area is 164 Å². The fourth-order valence-corrected chi connectivity index (χ4v) is 3.82. The number of phenolic OH excluding ortho intramolecular Hbond substituents is 1. The molecule has 150 valence electrons. The molecule has 2 aromatic rings. The molecular formula is C21H27N3O4. The summed E-state index contributed by atoms with van der Waals surface area (Å²) in [4.78, 5) is 37.7. The minimum Gasteiger partial charge on any atom is -0.505 e. The van der Waals surface area contributed by atoms with Crippen LogP contribution >= 0.6 is 0 Å². The van der Waals surface area contributed by atoms with E-state index in [2.05, 4.69) is 10.6 Å². The number of hydrogen-bond acceptors (Lipinski definition) is 6. The molecule has 7 heteroatoms. The molecule has 0 aliphatic heterocycles. The Balaban J connectivity index is 1.82. The fraction of sp³-hybridized carbons (Fsp3) is 0.476. The number of rotatable bonds is 6.